The SMILES string of the molecule is CC(C)(C)OC(=O)N[C@@H]1CC[C@H](NC(=O)OCc2ccccc2)[C@H](C(N)=S)C1. The van der Waals surface area contributed by atoms with Crippen LogP contribution in [0.25, 0.3) is 0 Å². The van der Waals surface area contributed by atoms with Gasteiger partial charge in [-0.1, -0.05) is 42.5 Å². The van der Waals surface area contributed by atoms with Gasteiger partial charge in [-0.2, -0.15) is 0 Å². The summed E-state index contributed by atoms with van der Waals surface area (Å²) in [5, 5.41) is 5.72. The van der Waals surface area contributed by atoms with E-state index in [9.17, 15) is 9.59 Å². The van der Waals surface area contributed by atoms with Crippen molar-refractivity contribution in [3.05, 3.63) is 35.9 Å². The van der Waals surface area contributed by atoms with E-state index in [1.165, 1.54) is 0 Å². The van der Waals surface area contributed by atoms with Gasteiger partial charge >= 0.3 is 12.2 Å². The number of amides is 2. The number of ether oxygens (including phenoxy) is 2. The number of hydrogen-bond donors (Lipinski definition) is 3. The van der Waals surface area contributed by atoms with Gasteiger partial charge in [0.15, 0.2) is 0 Å². The van der Waals surface area contributed by atoms with Crippen LogP contribution >= 0.6 is 12.2 Å². The fourth-order valence-electron chi connectivity index (χ4n) is 3.18. The van der Waals surface area contributed by atoms with Crippen LogP contribution in [-0.4, -0.2) is 34.9 Å². The molecule has 4 N–H and O–H groups in total. The van der Waals surface area contributed by atoms with Crippen LogP contribution in [0.1, 0.15) is 45.6 Å². The molecule has 0 unspecified atom stereocenters. The minimum atomic E-state index is -0.562. The van der Waals surface area contributed by atoms with E-state index in [1.807, 2.05) is 51.1 Å². The lowest BCUT2D eigenvalue weighted by atomic mass is 9.81. The molecule has 3 atom stereocenters. The molecule has 0 heterocycles. The Balaban J connectivity index is 1.85. The van der Waals surface area contributed by atoms with Gasteiger partial charge in [-0.15, -0.1) is 0 Å². The maximum absolute atomic E-state index is 12.2. The fourth-order valence-corrected chi connectivity index (χ4v) is 3.44. The number of carbonyl (C=O) groups is 2. The highest BCUT2D eigenvalue weighted by Crippen LogP contribution is 2.26. The van der Waals surface area contributed by atoms with Gasteiger partial charge in [0.25, 0.3) is 0 Å². The molecule has 1 aromatic rings. The smallest absolute Gasteiger partial charge is 0.407 e. The van der Waals surface area contributed by atoms with Crippen LogP contribution in [0, 0.1) is 5.92 Å². The molecule has 28 heavy (non-hydrogen) atoms. The molecule has 154 valence electrons. The molecule has 1 saturated carbocycles. The molecule has 0 aliphatic heterocycles. The zero-order valence-corrected chi connectivity index (χ0v) is 17.4. The number of hydrogen-bond acceptors (Lipinski definition) is 5. The maximum atomic E-state index is 12.2. The first-order chi connectivity index (χ1) is 13.1. The summed E-state index contributed by atoms with van der Waals surface area (Å²) in [6, 6.07) is 9.12. The second-order valence-corrected chi connectivity index (χ2v) is 8.45. The second kappa shape index (κ2) is 9.73. The first-order valence-corrected chi connectivity index (χ1v) is 9.81. The maximum Gasteiger partial charge on any atom is 0.407 e. The summed E-state index contributed by atoms with van der Waals surface area (Å²) >= 11 is 5.18. The lowest BCUT2D eigenvalue weighted by Gasteiger charge is -2.36. The van der Waals surface area contributed by atoms with Gasteiger partial charge in [0.2, 0.25) is 0 Å². The summed E-state index contributed by atoms with van der Waals surface area (Å²) in [5.74, 6) is -0.229. The average Bonchev–Trinajstić information content (AvgIpc) is 2.60. The Bertz CT molecular complexity index is 690. The lowest BCUT2D eigenvalue weighted by molar-refractivity contribution is 0.0482. The molecule has 0 saturated heterocycles. The number of thiocarbonyl (C=S) groups is 1. The Kier molecular flexibility index (Phi) is 7.62. The number of nitrogens with one attached hydrogen (secondary N) is 2. The molecule has 1 aromatic carbocycles. The molecule has 0 spiro atoms. The molecule has 2 rings (SSSR count). The lowest BCUT2D eigenvalue weighted by Crippen LogP contribution is -2.52. The van der Waals surface area contributed by atoms with Crippen LogP contribution in [0.15, 0.2) is 30.3 Å². The summed E-state index contributed by atoms with van der Waals surface area (Å²) < 4.78 is 10.6. The average molecular weight is 408 g/mol. The monoisotopic (exact) mass is 407 g/mol. The topological polar surface area (TPSA) is 103 Å². The van der Waals surface area contributed by atoms with Crippen LogP contribution in [-0.2, 0) is 16.1 Å². The van der Waals surface area contributed by atoms with Gasteiger partial charge in [0.05, 0.1) is 4.99 Å². The van der Waals surface area contributed by atoms with E-state index in [0.29, 0.717) is 24.3 Å². The highest BCUT2D eigenvalue weighted by molar-refractivity contribution is 7.80. The largest absolute Gasteiger partial charge is 0.445 e. The van der Waals surface area contributed by atoms with Crippen LogP contribution in [0.4, 0.5) is 9.59 Å². The summed E-state index contributed by atoms with van der Waals surface area (Å²) in [4.78, 5) is 24.5. The van der Waals surface area contributed by atoms with Crippen molar-refractivity contribution in [3.63, 3.8) is 0 Å². The molecular weight excluding hydrogens is 378 g/mol. The predicted octanol–water partition coefficient (Wildman–Crippen LogP) is 3.26. The van der Waals surface area contributed by atoms with E-state index in [4.69, 9.17) is 27.4 Å². The summed E-state index contributed by atoms with van der Waals surface area (Å²) in [7, 11) is 0. The molecule has 8 heteroatoms. The van der Waals surface area contributed by atoms with Crippen LogP contribution < -0.4 is 16.4 Å². The van der Waals surface area contributed by atoms with Gasteiger partial charge in [-0.3, -0.25) is 0 Å². The zero-order valence-electron chi connectivity index (χ0n) is 16.6. The molecule has 1 aliphatic rings. The predicted molar refractivity (Wildman–Crippen MR) is 111 cm³/mol. The van der Waals surface area contributed by atoms with E-state index in [2.05, 4.69) is 10.6 Å². The molecule has 1 fully saturated rings. The molecule has 0 aromatic heterocycles. The number of rotatable bonds is 5. The Morgan fingerprint density at radius 3 is 2.43 bits per heavy atom. The highest BCUT2D eigenvalue weighted by atomic mass is 32.1. The third-order valence-electron chi connectivity index (χ3n) is 4.45. The number of nitrogens with two attached hydrogens (primary N) is 1. The van der Waals surface area contributed by atoms with Crippen LogP contribution in [0.3, 0.4) is 0 Å². The van der Waals surface area contributed by atoms with Crippen molar-refractivity contribution in [2.24, 2.45) is 11.7 Å². The molecular formula is C20H29N3O4S. The first-order valence-electron chi connectivity index (χ1n) is 9.40. The fraction of sp³-hybridized carbons (Fsp3) is 0.550. The molecule has 0 bridgehead atoms. The molecule has 7 nitrogen and oxygen atoms in total. The Morgan fingerprint density at radius 2 is 1.82 bits per heavy atom. The standard InChI is InChI=1S/C20H29N3O4S/c1-20(2,3)27-19(25)22-14-9-10-16(15(11-14)17(21)28)23-18(24)26-12-13-7-5-4-6-8-13/h4-8,14-16H,9-12H2,1-3H3,(H2,21,28)(H,22,25)(H,23,24)/t14-,15-,16+/m1/s1. The van der Waals surface area contributed by atoms with Crippen molar-refractivity contribution in [1.82, 2.24) is 10.6 Å². The Hall–Kier alpha value is -2.35. The Morgan fingerprint density at radius 1 is 1.14 bits per heavy atom. The second-order valence-electron chi connectivity index (χ2n) is 7.98. The van der Waals surface area contributed by atoms with Crippen LogP contribution in [0.2, 0.25) is 0 Å². The van der Waals surface area contributed by atoms with Gasteiger partial charge < -0.3 is 25.8 Å². The Labute approximate surface area is 171 Å². The van der Waals surface area contributed by atoms with Crippen molar-refractivity contribution in [1.29, 1.82) is 0 Å². The quantitative estimate of drug-likeness (QED) is 0.648. The minimum Gasteiger partial charge on any atom is -0.445 e. The van der Waals surface area contributed by atoms with Gasteiger partial charge in [0.1, 0.15) is 12.2 Å². The number of benzene rings is 1. The zero-order chi connectivity index (χ0) is 20.7. The van der Waals surface area contributed by atoms with Crippen LogP contribution in [0.5, 0.6) is 0 Å². The van der Waals surface area contributed by atoms with Crippen molar-refractivity contribution in [3.8, 4) is 0 Å². The van der Waals surface area contributed by atoms with Gasteiger partial charge in [-0.05, 0) is 45.6 Å². The normalized spacial score (nSPS) is 22.0. The molecule has 1 aliphatic carbocycles. The summed E-state index contributed by atoms with van der Waals surface area (Å²) in [6.45, 7) is 5.63. The summed E-state index contributed by atoms with van der Waals surface area (Å²) in [5.41, 5.74) is 6.24. The van der Waals surface area contributed by atoms with Crippen molar-refractivity contribution < 1.29 is 19.1 Å². The molecule has 0 radical (unpaired) electrons. The van der Waals surface area contributed by atoms with E-state index in [1.54, 1.807) is 0 Å². The van der Waals surface area contributed by atoms with E-state index < -0.39 is 17.8 Å². The first kappa shape index (κ1) is 21.9. The van der Waals surface area contributed by atoms with Crippen molar-refractivity contribution >= 4 is 29.4 Å². The minimum absolute atomic E-state index is 0.111. The van der Waals surface area contributed by atoms with Crippen molar-refractivity contribution in [2.75, 3.05) is 0 Å². The van der Waals surface area contributed by atoms with Crippen molar-refractivity contribution in [2.45, 2.75) is 64.3 Å². The van der Waals surface area contributed by atoms with Gasteiger partial charge in [0, 0.05) is 18.0 Å². The third-order valence-corrected chi connectivity index (χ3v) is 4.76. The molecule has 2 amide bonds. The van der Waals surface area contributed by atoms with E-state index >= 15 is 0 Å². The van der Waals surface area contributed by atoms with Gasteiger partial charge in [-0.25, -0.2) is 9.59 Å². The third kappa shape index (κ3) is 7.34. The number of carbonyl (C=O) groups excluding carboxylic acids is 2. The van der Waals surface area contributed by atoms with E-state index in [0.717, 1.165) is 5.56 Å². The summed E-state index contributed by atoms with van der Waals surface area (Å²) in [6.07, 6.45) is 0.879. The highest BCUT2D eigenvalue weighted by Gasteiger charge is 2.34. The number of alkyl carbamates (subject to hydrolysis) is 2. The van der Waals surface area contributed by atoms with E-state index in [-0.39, 0.29) is 24.6 Å².